The number of primary amides is 1. The van der Waals surface area contributed by atoms with E-state index >= 15 is 0 Å². The lowest BCUT2D eigenvalue weighted by molar-refractivity contribution is 0.100. The highest BCUT2D eigenvalue weighted by atomic mass is 35.5. The molecule has 6 N–H and O–H groups in total. The van der Waals surface area contributed by atoms with Crippen LogP contribution in [0.2, 0.25) is 0 Å². The number of methoxy groups -OCH3 is 2. The smallest absolute Gasteiger partial charge is 0.252 e. The first kappa shape index (κ1) is 24.1. The van der Waals surface area contributed by atoms with Crippen LogP contribution in [0.5, 0.6) is 11.5 Å². The third-order valence-electron chi connectivity index (χ3n) is 5.16. The first-order valence-electron chi connectivity index (χ1n) is 9.72. The molecule has 1 aromatic heterocycles. The van der Waals surface area contributed by atoms with Gasteiger partial charge in [0.2, 0.25) is 0 Å². The molecule has 1 saturated carbocycles. The number of ether oxygens (including phenoxy) is 2. The van der Waals surface area contributed by atoms with Gasteiger partial charge in [-0.05, 0) is 18.9 Å². The van der Waals surface area contributed by atoms with Crippen LogP contribution in [0.4, 0.5) is 17.3 Å². The van der Waals surface area contributed by atoms with Gasteiger partial charge in [-0.15, -0.1) is 12.4 Å². The van der Waals surface area contributed by atoms with E-state index in [1.165, 1.54) is 6.07 Å². The lowest BCUT2D eigenvalue weighted by Crippen LogP contribution is -2.43. The van der Waals surface area contributed by atoms with Crippen molar-refractivity contribution in [2.45, 2.75) is 37.8 Å². The molecule has 3 rings (SSSR count). The van der Waals surface area contributed by atoms with Crippen LogP contribution in [-0.4, -0.2) is 37.2 Å². The summed E-state index contributed by atoms with van der Waals surface area (Å²) in [6, 6.07) is 8.69. The molecule has 0 radical (unpaired) electrons. The first-order valence-corrected chi connectivity index (χ1v) is 9.72. The monoisotopic (exact) mass is 446 g/mol. The number of aromatic nitrogens is 1. The Hall–Kier alpha value is -3.22. The minimum Gasteiger partial charge on any atom is -0.497 e. The third kappa shape index (κ3) is 5.69. The molecule has 0 spiro atoms. The van der Waals surface area contributed by atoms with E-state index < -0.39 is 5.91 Å². The van der Waals surface area contributed by atoms with E-state index in [2.05, 4.69) is 21.7 Å². The maximum atomic E-state index is 12.0. The molecule has 1 aliphatic rings. The largest absolute Gasteiger partial charge is 0.497 e. The summed E-state index contributed by atoms with van der Waals surface area (Å²) in [4.78, 5) is 16.5. The van der Waals surface area contributed by atoms with E-state index in [4.69, 9.17) is 20.9 Å². The summed E-state index contributed by atoms with van der Waals surface area (Å²) in [6.07, 6.45) is 3.94. The summed E-state index contributed by atoms with van der Waals surface area (Å²) in [6.45, 7) is 0. The second-order valence-electron chi connectivity index (χ2n) is 7.18. The maximum Gasteiger partial charge on any atom is 0.252 e. The molecule has 2 atom stereocenters. The summed E-state index contributed by atoms with van der Waals surface area (Å²) in [5, 5.41) is 15.9. The van der Waals surface area contributed by atoms with E-state index in [9.17, 15) is 10.1 Å². The second kappa shape index (κ2) is 10.7. The van der Waals surface area contributed by atoms with E-state index in [1.807, 2.05) is 0 Å². The first-order chi connectivity index (χ1) is 14.4. The molecule has 0 saturated heterocycles. The standard InChI is InChI=1S/C21H26N6O3.ClH/c1-29-14-8-13(9-15(10-14)30-2)25-21-16(19(24)28)7-12(11-22)20(27-21)26-18-6-4-3-5-17(18)23;/h7-10,17-18H,3-6,23H2,1-2H3,(H2,24,28)(H2,25,26,27);1H/t17-,18+;/m0./s1. The molecule has 0 aliphatic heterocycles. The Morgan fingerprint density at radius 3 is 2.32 bits per heavy atom. The molecule has 1 fully saturated rings. The number of amides is 1. The number of pyridine rings is 1. The highest BCUT2D eigenvalue weighted by molar-refractivity contribution is 5.99. The number of hydrogen-bond acceptors (Lipinski definition) is 8. The number of nitrogens with one attached hydrogen (secondary N) is 2. The summed E-state index contributed by atoms with van der Waals surface area (Å²) < 4.78 is 10.6. The van der Waals surface area contributed by atoms with Crippen molar-refractivity contribution in [1.29, 1.82) is 5.26 Å². The fourth-order valence-electron chi connectivity index (χ4n) is 3.52. The molecule has 1 heterocycles. The molecule has 9 nitrogen and oxygen atoms in total. The second-order valence-corrected chi connectivity index (χ2v) is 7.18. The van der Waals surface area contributed by atoms with Gasteiger partial charge in [0, 0.05) is 36.0 Å². The fourth-order valence-corrected chi connectivity index (χ4v) is 3.52. The Balaban J connectivity index is 0.00000341. The number of hydrogen-bond donors (Lipinski definition) is 4. The molecule has 10 heteroatoms. The van der Waals surface area contributed by atoms with Crippen LogP contribution < -0.4 is 31.6 Å². The van der Waals surface area contributed by atoms with Gasteiger partial charge in [-0.3, -0.25) is 4.79 Å². The number of rotatable bonds is 7. The summed E-state index contributed by atoms with van der Waals surface area (Å²) >= 11 is 0. The zero-order valence-electron chi connectivity index (χ0n) is 17.5. The van der Waals surface area contributed by atoms with Crippen molar-refractivity contribution in [3.05, 3.63) is 35.4 Å². The molecular weight excluding hydrogens is 420 g/mol. The zero-order chi connectivity index (χ0) is 21.7. The van der Waals surface area contributed by atoms with Crippen LogP contribution in [0.15, 0.2) is 24.3 Å². The van der Waals surface area contributed by atoms with Gasteiger partial charge >= 0.3 is 0 Å². The highest BCUT2D eigenvalue weighted by Gasteiger charge is 2.24. The van der Waals surface area contributed by atoms with E-state index in [1.54, 1.807) is 32.4 Å². The van der Waals surface area contributed by atoms with Crippen molar-refractivity contribution in [2.24, 2.45) is 11.5 Å². The van der Waals surface area contributed by atoms with Crippen LogP contribution in [-0.2, 0) is 0 Å². The average molecular weight is 447 g/mol. The fraction of sp³-hybridized carbons (Fsp3) is 0.381. The summed E-state index contributed by atoms with van der Waals surface area (Å²) in [7, 11) is 3.09. The van der Waals surface area contributed by atoms with Crippen molar-refractivity contribution >= 4 is 35.6 Å². The lowest BCUT2D eigenvalue weighted by Gasteiger charge is -2.30. The van der Waals surface area contributed by atoms with Gasteiger partial charge in [0.1, 0.15) is 29.2 Å². The minimum absolute atomic E-state index is 0. The van der Waals surface area contributed by atoms with Gasteiger partial charge in [0.05, 0.1) is 25.3 Å². The predicted octanol–water partition coefficient (Wildman–Crippen LogP) is 2.92. The molecule has 0 unspecified atom stereocenters. The zero-order valence-corrected chi connectivity index (χ0v) is 18.3. The van der Waals surface area contributed by atoms with Crippen LogP contribution in [0.25, 0.3) is 0 Å². The Bertz CT molecular complexity index is 956. The number of halogens is 1. The minimum atomic E-state index is -0.697. The number of carbonyl (C=O) groups is 1. The molecule has 31 heavy (non-hydrogen) atoms. The molecule has 1 aromatic carbocycles. The van der Waals surface area contributed by atoms with Crippen LogP contribution in [0, 0.1) is 11.3 Å². The third-order valence-corrected chi connectivity index (χ3v) is 5.16. The number of nitrogens with two attached hydrogens (primary N) is 2. The predicted molar refractivity (Wildman–Crippen MR) is 121 cm³/mol. The SMILES string of the molecule is COc1cc(Nc2nc(N[C@@H]3CCCC[C@@H]3N)c(C#N)cc2C(N)=O)cc(OC)c1.Cl. The van der Waals surface area contributed by atoms with E-state index in [0.717, 1.165) is 25.7 Å². The normalized spacial score (nSPS) is 17.6. The van der Waals surface area contributed by atoms with Gasteiger partial charge < -0.3 is 31.6 Å². The van der Waals surface area contributed by atoms with E-state index in [0.29, 0.717) is 23.0 Å². The number of carbonyl (C=O) groups excluding carboxylic acids is 1. The van der Waals surface area contributed by atoms with Crippen LogP contribution >= 0.6 is 12.4 Å². The van der Waals surface area contributed by atoms with Gasteiger partial charge in [-0.1, -0.05) is 12.8 Å². The quantitative estimate of drug-likeness (QED) is 0.507. The number of anilines is 3. The Labute approximate surface area is 187 Å². The topological polar surface area (TPSA) is 148 Å². The van der Waals surface area contributed by atoms with Gasteiger partial charge in [0.25, 0.3) is 5.91 Å². The van der Waals surface area contributed by atoms with Crippen molar-refractivity contribution < 1.29 is 14.3 Å². The maximum absolute atomic E-state index is 12.0. The Morgan fingerprint density at radius 1 is 1.13 bits per heavy atom. The van der Waals surface area contributed by atoms with E-state index in [-0.39, 0.29) is 41.4 Å². The van der Waals surface area contributed by atoms with Crippen molar-refractivity contribution in [3.8, 4) is 17.6 Å². The molecule has 1 aliphatic carbocycles. The van der Waals surface area contributed by atoms with Crippen molar-refractivity contribution in [3.63, 3.8) is 0 Å². The number of nitrogens with zero attached hydrogens (tertiary/aromatic N) is 2. The molecule has 0 bridgehead atoms. The Kier molecular flexibility index (Phi) is 8.30. The number of benzene rings is 1. The van der Waals surface area contributed by atoms with Gasteiger partial charge in [-0.2, -0.15) is 5.26 Å². The van der Waals surface area contributed by atoms with Crippen molar-refractivity contribution in [1.82, 2.24) is 4.98 Å². The molecular formula is C21H27ClN6O3. The average Bonchev–Trinajstić information content (AvgIpc) is 2.75. The molecule has 166 valence electrons. The molecule has 2 aromatic rings. The van der Waals surface area contributed by atoms with Gasteiger partial charge in [-0.25, -0.2) is 4.98 Å². The Morgan fingerprint density at radius 2 is 1.77 bits per heavy atom. The van der Waals surface area contributed by atoms with Crippen molar-refractivity contribution in [2.75, 3.05) is 24.9 Å². The highest BCUT2D eigenvalue weighted by Crippen LogP contribution is 2.31. The van der Waals surface area contributed by atoms with Crippen LogP contribution in [0.1, 0.15) is 41.6 Å². The lowest BCUT2D eigenvalue weighted by atomic mass is 9.91. The van der Waals surface area contributed by atoms with Gasteiger partial charge in [0.15, 0.2) is 0 Å². The summed E-state index contributed by atoms with van der Waals surface area (Å²) in [5.41, 5.74) is 12.7. The number of nitriles is 1. The van der Waals surface area contributed by atoms with Crippen LogP contribution in [0.3, 0.4) is 0 Å². The summed E-state index contributed by atoms with van der Waals surface area (Å²) in [5.74, 6) is 1.03. The molecule has 1 amide bonds.